The molecule has 0 aliphatic rings. The van der Waals surface area contributed by atoms with E-state index in [0.29, 0.717) is 29.6 Å². The van der Waals surface area contributed by atoms with Crippen molar-refractivity contribution < 1.29 is 27.5 Å². The van der Waals surface area contributed by atoms with E-state index in [0.717, 1.165) is 5.56 Å². The molecule has 2 heterocycles. The van der Waals surface area contributed by atoms with Crippen LogP contribution in [0.15, 0.2) is 54.9 Å². The molecule has 0 aliphatic carbocycles. The largest absolute Gasteiger partial charge is 0.345 e. The van der Waals surface area contributed by atoms with Gasteiger partial charge in [-0.05, 0) is 42.3 Å². The van der Waals surface area contributed by atoms with Crippen LogP contribution in [0.1, 0.15) is 34.7 Å². The van der Waals surface area contributed by atoms with Gasteiger partial charge in [0.15, 0.2) is 5.82 Å². The van der Waals surface area contributed by atoms with E-state index in [1.54, 1.807) is 35.1 Å². The highest BCUT2D eigenvalue weighted by Gasteiger charge is 2.26. The number of nitrogens with zero attached hydrogens (tertiary/aromatic N) is 1. The number of anilines is 1. The molecule has 0 unspecified atom stereocenters. The molecule has 2 N–H and O–H groups in total. The van der Waals surface area contributed by atoms with Gasteiger partial charge in [-0.2, -0.15) is 0 Å². The summed E-state index contributed by atoms with van der Waals surface area (Å²) in [6.07, 6.45) is -0.119. The molecule has 4 aromatic rings. The molecular formula is C23H18ClF2N3O3S. The van der Waals surface area contributed by atoms with Gasteiger partial charge in [0.05, 0.1) is 17.0 Å². The second-order valence-electron chi connectivity index (χ2n) is 6.90. The van der Waals surface area contributed by atoms with E-state index in [1.165, 1.54) is 12.4 Å². The molecule has 10 heteroatoms. The Labute approximate surface area is 199 Å². The van der Waals surface area contributed by atoms with Gasteiger partial charge in [-0.3, -0.25) is 9.52 Å². The van der Waals surface area contributed by atoms with Crippen LogP contribution in [-0.2, 0) is 10.0 Å². The summed E-state index contributed by atoms with van der Waals surface area (Å²) < 4.78 is 86.8. The fourth-order valence-corrected chi connectivity index (χ4v) is 4.16. The van der Waals surface area contributed by atoms with Crippen LogP contribution in [-0.4, -0.2) is 29.9 Å². The van der Waals surface area contributed by atoms with Crippen LogP contribution in [0.25, 0.3) is 22.2 Å². The first kappa shape index (κ1) is 18.2. The van der Waals surface area contributed by atoms with E-state index in [4.69, 9.17) is 17.1 Å². The summed E-state index contributed by atoms with van der Waals surface area (Å²) >= 11 is 5.92. The van der Waals surface area contributed by atoms with E-state index in [1.807, 2.05) is 0 Å². The van der Waals surface area contributed by atoms with Crippen molar-refractivity contribution in [3.63, 3.8) is 0 Å². The molecule has 6 nitrogen and oxygen atoms in total. The number of aromatic amines is 1. The molecule has 0 atom stereocenters. The average Bonchev–Trinajstić information content (AvgIpc) is 3.24. The lowest BCUT2D eigenvalue weighted by molar-refractivity contribution is 0.103. The smallest absolute Gasteiger partial charge is 0.232 e. The lowest BCUT2D eigenvalue weighted by Crippen LogP contribution is -2.18. The number of pyridine rings is 1. The van der Waals surface area contributed by atoms with Crippen molar-refractivity contribution >= 4 is 44.1 Å². The lowest BCUT2D eigenvalue weighted by atomic mass is 10.00. The Bertz CT molecular complexity index is 1640. The number of sulfonamides is 1. The minimum atomic E-state index is -5.17. The van der Waals surface area contributed by atoms with Crippen LogP contribution in [0.4, 0.5) is 14.5 Å². The van der Waals surface area contributed by atoms with Crippen molar-refractivity contribution in [2.45, 2.75) is 13.3 Å². The molecule has 0 bridgehead atoms. The number of rotatable bonds is 7. The molecule has 4 rings (SSSR count). The van der Waals surface area contributed by atoms with Gasteiger partial charge in [-0.1, -0.05) is 30.7 Å². The van der Waals surface area contributed by atoms with Crippen molar-refractivity contribution in [1.29, 1.82) is 0 Å². The van der Waals surface area contributed by atoms with Gasteiger partial charge in [-0.15, -0.1) is 0 Å². The first-order chi connectivity index (χ1) is 17.1. The predicted octanol–water partition coefficient (Wildman–Crippen LogP) is 5.54. The number of fused-ring (bicyclic) bond motifs is 1. The lowest BCUT2D eigenvalue weighted by Gasteiger charge is -2.11. The Morgan fingerprint density at radius 1 is 1.18 bits per heavy atom. The maximum Gasteiger partial charge on any atom is 0.232 e. The number of benzene rings is 2. The molecular weight excluding hydrogens is 472 g/mol. The Morgan fingerprint density at radius 3 is 2.61 bits per heavy atom. The average molecular weight is 494 g/mol. The summed E-state index contributed by atoms with van der Waals surface area (Å²) in [6.45, 7) is 0.700. The maximum absolute atomic E-state index is 15.3. The third-order valence-corrected chi connectivity index (χ3v) is 5.97. The minimum Gasteiger partial charge on any atom is -0.345 e. The van der Waals surface area contributed by atoms with Crippen LogP contribution in [0.2, 0.25) is 5.02 Å². The number of nitrogens with one attached hydrogen (secondary N) is 2. The van der Waals surface area contributed by atoms with E-state index in [-0.39, 0.29) is 16.6 Å². The van der Waals surface area contributed by atoms with Gasteiger partial charge in [0.2, 0.25) is 15.8 Å². The zero-order chi connectivity index (χ0) is 27.3. The first-order valence-corrected chi connectivity index (χ1v) is 11.3. The van der Waals surface area contributed by atoms with Gasteiger partial charge in [0.25, 0.3) is 0 Å². The third-order valence-electron chi connectivity index (χ3n) is 4.75. The summed E-state index contributed by atoms with van der Waals surface area (Å²) in [4.78, 5) is 20.3. The normalized spacial score (nSPS) is 14.3. The number of ketones is 1. The molecule has 170 valence electrons. The van der Waals surface area contributed by atoms with E-state index in [2.05, 4.69) is 9.97 Å². The molecule has 0 fully saturated rings. The van der Waals surface area contributed by atoms with Crippen LogP contribution in [0.3, 0.4) is 0 Å². The second-order valence-corrected chi connectivity index (χ2v) is 8.75. The van der Waals surface area contributed by atoms with Crippen molar-refractivity contribution in [1.82, 2.24) is 9.97 Å². The monoisotopic (exact) mass is 493 g/mol. The summed E-state index contributed by atoms with van der Waals surface area (Å²) in [5, 5.41) is 0.762. The molecule has 0 aliphatic heterocycles. The van der Waals surface area contributed by atoms with Gasteiger partial charge in [-0.25, -0.2) is 22.2 Å². The first-order valence-electron chi connectivity index (χ1n) is 11.4. The summed E-state index contributed by atoms with van der Waals surface area (Å²) in [7, 11) is -5.17. The summed E-state index contributed by atoms with van der Waals surface area (Å²) in [6, 6.07) is 9.70. The van der Waals surface area contributed by atoms with Gasteiger partial charge < -0.3 is 4.98 Å². The number of carbonyl (C=O) groups excluding carboxylic acids is 1. The number of hydrogen-bond acceptors (Lipinski definition) is 4. The zero-order valence-corrected chi connectivity index (χ0v) is 18.5. The summed E-state index contributed by atoms with van der Waals surface area (Å²) in [5.74, 6) is -3.99. The maximum atomic E-state index is 15.3. The standard InChI is InChI=1S/C23H18ClF2N3O3S/c1-2-9-33(31,32)29-19-8-7-18(25)20(21(19)26)22(30)17-12-28-23-16(17)10-14(11-27-23)13-3-5-15(24)6-4-13/h3-8,10-12,29H,2,9H2,1H3,(H,27,28)/i2D2,9D2. The number of halogens is 3. The fraction of sp³-hybridized carbons (Fsp3) is 0.130. The van der Waals surface area contributed by atoms with Gasteiger partial charge in [0.1, 0.15) is 11.5 Å². The highest BCUT2D eigenvalue weighted by Crippen LogP contribution is 2.30. The summed E-state index contributed by atoms with van der Waals surface area (Å²) in [5.41, 5.74) is -4.05. The second kappa shape index (κ2) is 8.92. The Balaban J connectivity index is 1.77. The Hall–Kier alpha value is -3.30. The molecule has 2 aromatic carbocycles. The fourth-order valence-electron chi connectivity index (χ4n) is 3.27. The Morgan fingerprint density at radius 2 is 1.91 bits per heavy atom. The van der Waals surface area contributed by atoms with Crippen LogP contribution < -0.4 is 4.72 Å². The zero-order valence-electron chi connectivity index (χ0n) is 20.9. The van der Waals surface area contributed by atoms with E-state index >= 15 is 4.39 Å². The van der Waals surface area contributed by atoms with Gasteiger partial charge in [0, 0.05) is 39.4 Å². The molecule has 0 saturated heterocycles. The molecule has 2 aromatic heterocycles. The predicted molar refractivity (Wildman–Crippen MR) is 124 cm³/mol. The number of hydrogen-bond donors (Lipinski definition) is 2. The molecule has 0 spiro atoms. The minimum absolute atomic E-state index is 0.142. The van der Waals surface area contributed by atoms with Crippen LogP contribution in [0, 0.1) is 11.6 Å². The van der Waals surface area contributed by atoms with Crippen molar-refractivity contribution in [3.8, 4) is 11.1 Å². The number of aromatic nitrogens is 2. The third kappa shape index (κ3) is 4.60. The number of H-pyrrole nitrogens is 1. The topological polar surface area (TPSA) is 91.9 Å². The molecule has 0 amide bonds. The SMILES string of the molecule is [2H]C([2H])(C)C([2H])([2H])S(=O)(=O)Nc1ccc(F)c(C(=O)c2c[nH]c3ncc(-c4ccc(Cl)cc4)cc23)c1F. The van der Waals surface area contributed by atoms with E-state index < -0.39 is 50.8 Å². The molecule has 0 radical (unpaired) electrons. The molecule has 33 heavy (non-hydrogen) atoms. The van der Waals surface area contributed by atoms with Crippen molar-refractivity contribution in [2.24, 2.45) is 0 Å². The van der Waals surface area contributed by atoms with Crippen molar-refractivity contribution in [2.75, 3.05) is 10.4 Å². The van der Waals surface area contributed by atoms with Crippen LogP contribution >= 0.6 is 11.6 Å². The number of carbonyl (C=O) groups is 1. The van der Waals surface area contributed by atoms with Crippen molar-refractivity contribution in [3.05, 3.63) is 82.6 Å². The quantitative estimate of drug-likeness (QED) is 0.330. The highest BCUT2D eigenvalue weighted by molar-refractivity contribution is 7.92. The van der Waals surface area contributed by atoms with Crippen LogP contribution in [0.5, 0.6) is 0 Å². The highest BCUT2D eigenvalue weighted by atomic mass is 35.5. The Kier molecular flexibility index (Phi) is 4.91. The molecule has 0 saturated carbocycles. The van der Waals surface area contributed by atoms with Gasteiger partial charge >= 0.3 is 0 Å². The van der Waals surface area contributed by atoms with E-state index in [9.17, 15) is 17.6 Å².